The van der Waals surface area contributed by atoms with Crippen LogP contribution in [0.15, 0.2) is 40.9 Å². The van der Waals surface area contributed by atoms with E-state index in [1.807, 2.05) is 24.3 Å². The number of nitrogens with one attached hydrogen (secondary N) is 1. The molecule has 0 aliphatic heterocycles. The third-order valence-corrected chi connectivity index (χ3v) is 3.36. The van der Waals surface area contributed by atoms with Crippen LogP contribution < -0.4 is 10.1 Å². The maximum Gasteiger partial charge on any atom is 0.142 e. The van der Waals surface area contributed by atoms with E-state index in [1.54, 1.807) is 20.1 Å². The molecule has 0 saturated heterocycles. The van der Waals surface area contributed by atoms with Crippen LogP contribution in [0.25, 0.3) is 0 Å². The third-order valence-electron chi connectivity index (χ3n) is 2.87. The molecule has 0 fully saturated rings. The fourth-order valence-electron chi connectivity index (χ4n) is 1.83. The number of aryl methyl sites for hydroxylation is 1. The molecule has 2 nitrogen and oxygen atoms in total. The summed E-state index contributed by atoms with van der Waals surface area (Å²) in [5, 5.41) is 3.29. The summed E-state index contributed by atoms with van der Waals surface area (Å²) in [6.07, 6.45) is 0. The Morgan fingerprint density at radius 1 is 1.21 bits per heavy atom. The molecule has 2 aromatic carbocycles. The van der Waals surface area contributed by atoms with Gasteiger partial charge in [0, 0.05) is 11.0 Å². The molecule has 0 amide bonds. The van der Waals surface area contributed by atoms with Crippen molar-refractivity contribution >= 4 is 21.6 Å². The highest BCUT2D eigenvalue weighted by molar-refractivity contribution is 9.10. The summed E-state index contributed by atoms with van der Waals surface area (Å²) in [7, 11) is 1.64. The van der Waals surface area contributed by atoms with Crippen LogP contribution in [0, 0.1) is 12.7 Å². The summed E-state index contributed by atoms with van der Waals surface area (Å²) < 4.78 is 19.5. The maximum atomic E-state index is 13.2. The van der Waals surface area contributed by atoms with Gasteiger partial charge < -0.3 is 10.1 Å². The second-order valence-corrected chi connectivity index (χ2v) is 5.20. The van der Waals surface area contributed by atoms with Crippen molar-refractivity contribution in [3.05, 3.63) is 57.8 Å². The van der Waals surface area contributed by atoms with Crippen molar-refractivity contribution in [3.8, 4) is 5.75 Å². The lowest BCUT2D eigenvalue weighted by Gasteiger charge is -2.12. The number of rotatable bonds is 4. The van der Waals surface area contributed by atoms with Gasteiger partial charge in [0.1, 0.15) is 11.6 Å². The molecule has 0 unspecified atom stereocenters. The first-order valence-electron chi connectivity index (χ1n) is 5.92. The second kappa shape index (κ2) is 6.06. The van der Waals surface area contributed by atoms with E-state index in [4.69, 9.17) is 4.74 Å². The van der Waals surface area contributed by atoms with Crippen LogP contribution in [0.3, 0.4) is 0 Å². The molecule has 0 atom stereocenters. The molecule has 0 aromatic heterocycles. The van der Waals surface area contributed by atoms with E-state index >= 15 is 0 Å². The van der Waals surface area contributed by atoms with Crippen molar-refractivity contribution < 1.29 is 9.13 Å². The van der Waals surface area contributed by atoms with Crippen LogP contribution in [0.1, 0.15) is 11.1 Å². The van der Waals surface area contributed by atoms with Gasteiger partial charge in [-0.2, -0.15) is 0 Å². The normalized spacial score (nSPS) is 10.3. The van der Waals surface area contributed by atoms with E-state index in [2.05, 4.69) is 21.2 Å². The first-order chi connectivity index (χ1) is 9.10. The molecule has 0 spiro atoms. The molecule has 2 rings (SSSR count). The average molecular weight is 324 g/mol. The van der Waals surface area contributed by atoms with Crippen molar-refractivity contribution in [2.75, 3.05) is 12.4 Å². The van der Waals surface area contributed by atoms with Gasteiger partial charge in [0.05, 0.1) is 12.8 Å². The van der Waals surface area contributed by atoms with Gasteiger partial charge in [0.15, 0.2) is 0 Å². The van der Waals surface area contributed by atoms with Gasteiger partial charge in [-0.25, -0.2) is 4.39 Å². The molecule has 0 radical (unpaired) electrons. The van der Waals surface area contributed by atoms with E-state index in [9.17, 15) is 4.39 Å². The van der Waals surface area contributed by atoms with Crippen LogP contribution in [0.4, 0.5) is 10.1 Å². The van der Waals surface area contributed by atoms with E-state index in [0.717, 1.165) is 21.5 Å². The summed E-state index contributed by atoms with van der Waals surface area (Å²) >= 11 is 3.43. The van der Waals surface area contributed by atoms with Crippen LogP contribution in [0.2, 0.25) is 0 Å². The fraction of sp³-hybridized carbons (Fsp3) is 0.200. The summed E-state index contributed by atoms with van der Waals surface area (Å²) in [6, 6.07) is 10.9. The smallest absolute Gasteiger partial charge is 0.142 e. The van der Waals surface area contributed by atoms with Crippen molar-refractivity contribution in [2.24, 2.45) is 0 Å². The van der Waals surface area contributed by atoms with Crippen molar-refractivity contribution in [1.82, 2.24) is 0 Å². The molecular formula is C15H15BrFNO. The first kappa shape index (κ1) is 13.9. The number of methoxy groups -OCH3 is 1. The minimum atomic E-state index is -0.177. The Morgan fingerprint density at radius 3 is 2.68 bits per heavy atom. The van der Waals surface area contributed by atoms with Crippen LogP contribution >= 0.6 is 15.9 Å². The number of anilines is 1. The lowest BCUT2D eigenvalue weighted by atomic mass is 10.1. The van der Waals surface area contributed by atoms with Gasteiger partial charge >= 0.3 is 0 Å². The molecule has 0 aliphatic rings. The Balaban J connectivity index is 2.13. The first-order valence-corrected chi connectivity index (χ1v) is 6.72. The van der Waals surface area contributed by atoms with Gasteiger partial charge in [0.2, 0.25) is 0 Å². The molecule has 1 N–H and O–H groups in total. The highest BCUT2D eigenvalue weighted by Gasteiger charge is 2.04. The molecule has 2 aromatic rings. The van der Waals surface area contributed by atoms with E-state index < -0.39 is 0 Å². The fourth-order valence-corrected chi connectivity index (χ4v) is 2.19. The van der Waals surface area contributed by atoms with Crippen LogP contribution in [-0.2, 0) is 6.54 Å². The van der Waals surface area contributed by atoms with Gasteiger partial charge in [-0.3, -0.25) is 0 Å². The highest BCUT2D eigenvalue weighted by atomic mass is 79.9. The minimum absolute atomic E-state index is 0.177. The average Bonchev–Trinajstić information content (AvgIpc) is 2.40. The minimum Gasteiger partial charge on any atom is -0.495 e. The molecular weight excluding hydrogens is 309 g/mol. The van der Waals surface area contributed by atoms with Crippen molar-refractivity contribution in [2.45, 2.75) is 13.5 Å². The van der Waals surface area contributed by atoms with Crippen LogP contribution in [0.5, 0.6) is 5.75 Å². The van der Waals surface area contributed by atoms with Gasteiger partial charge in [-0.05, 0) is 42.3 Å². The second-order valence-electron chi connectivity index (χ2n) is 4.28. The Hall–Kier alpha value is -1.55. The standard InChI is InChI=1S/C15H15BrFNO/c1-10-7-11(3-5-13(10)17)9-18-14-8-12(16)4-6-15(14)19-2/h3-8,18H,9H2,1-2H3. The summed E-state index contributed by atoms with van der Waals surface area (Å²) in [5.41, 5.74) is 2.58. The molecule has 19 heavy (non-hydrogen) atoms. The number of halogens is 2. The zero-order chi connectivity index (χ0) is 13.8. The summed E-state index contributed by atoms with van der Waals surface area (Å²) in [6.45, 7) is 2.38. The van der Waals surface area contributed by atoms with Crippen molar-refractivity contribution in [3.63, 3.8) is 0 Å². The zero-order valence-corrected chi connectivity index (χ0v) is 12.4. The topological polar surface area (TPSA) is 21.3 Å². The Labute approximate surface area is 120 Å². The monoisotopic (exact) mass is 323 g/mol. The molecule has 4 heteroatoms. The number of hydrogen-bond acceptors (Lipinski definition) is 2. The molecule has 0 heterocycles. The molecule has 0 saturated carbocycles. The van der Waals surface area contributed by atoms with Gasteiger partial charge in [0.25, 0.3) is 0 Å². The lowest BCUT2D eigenvalue weighted by molar-refractivity contribution is 0.416. The number of benzene rings is 2. The van der Waals surface area contributed by atoms with E-state index in [0.29, 0.717) is 12.1 Å². The predicted octanol–water partition coefficient (Wildman–Crippen LogP) is 4.52. The predicted molar refractivity (Wildman–Crippen MR) is 79.2 cm³/mol. The quantitative estimate of drug-likeness (QED) is 0.893. The largest absolute Gasteiger partial charge is 0.495 e. The molecule has 0 bridgehead atoms. The zero-order valence-electron chi connectivity index (χ0n) is 10.8. The van der Waals surface area contributed by atoms with E-state index in [-0.39, 0.29) is 5.82 Å². The Morgan fingerprint density at radius 2 is 2.00 bits per heavy atom. The SMILES string of the molecule is COc1ccc(Br)cc1NCc1ccc(F)c(C)c1. The summed E-state index contributed by atoms with van der Waals surface area (Å²) in [4.78, 5) is 0. The molecule has 0 aliphatic carbocycles. The summed E-state index contributed by atoms with van der Waals surface area (Å²) in [5.74, 6) is 0.603. The number of hydrogen-bond donors (Lipinski definition) is 1. The Kier molecular flexibility index (Phi) is 4.43. The number of ether oxygens (including phenoxy) is 1. The highest BCUT2D eigenvalue weighted by Crippen LogP contribution is 2.28. The third kappa shape index (κ3) is 3.47. The Bertz CT molecular complexity index is 586. The van der Waals surface area contributed by atoms with Crippen LogP contribution in [-0.4, -0.2) is 7.11 Å². The van der Waals surface area contributed by atoms with Gasteiger partial charge in [-0.1, -0.05) is 28.1 Å². The maximum absolute atomic E-state index is 13.2. The van der Waals surface area contributed by atoms with E-state index in [1.165, 1.54) is 6.07 Å². The molecule has 100 valence electrons. The van der Waals surface area contributed by atoms with Gasteiger partial charge in [-0.15, -0.1) is 0 Å². The lowest BCUT2D eigenvalue weighted by Crippen LogP contribution is -2.02. The van der Waals surface area contributed by atoms with Crippen molar-refractivity contribution in [1.29, 1.82) is 0 Å².